The fraction of sp³-hybridized carbons (Fsp3) is 0.923. The van der Waals surface area contributed by atoms with E-state index in [0.29, 0.717) is 11.9 Å². The predicted octanol–water partition coefficient (Wildman–Crippen LogP) is 2.17. The van der Waals surface area contributed by atoms with Crippen LogP contribution >= 0.6 is 0 Å². The lowest BCUT2D eigenvalue weighted by atomic mass is 9.89. The van der Waals surface area contributed by atoms with Crippen LogP contribution in [0.3, 0.4) is 0 Å². The van der Waals surface area contributed by atoms with E-state index >= 15 is 0 Å². The van der Waals surface area contributed by atoms with Crippen LogP contribution in [0.4, 0.5) is 0 Å². The van der Waals surface area contributed by atoms with Crippen LogP contribution in [-0.2, 0) is 4.79 Å². The van der Waals surface area contributed by atoms with E-state index in [2.05, 4.69) is 33.0 Å². The summed E-state index contributed by atoms with van der Waals surface area (Å²) in [6, 6.07) is 0.300. The van der Waals surface area contributed by atoms with Gasteiger partial charge in [-0.05, 0) is 46.6 Å². The van der Waals surface area contributed by atoms with E-state index in [1.54, 1.807) is 0 Å². The van der Waals surface area contributed by atoms with Gasteiger partial charge in [-0.1, -0.05) is 13.3 Å². The van der Waals surface area contributed by atoms with Crippen molar-refractivity contribution in [3.05, 3.63) is 0 Å². The summed E-state index contributed by atoms with van der Waals surface area (Å²) in [5.41, 5.74) is -0.255. The minimum atomic E-state index is -0.255. The van der Waals surface area contributed by atoms with Gasteiger partial charge in [0.1, 0.15) is 0 Å². The van der Waals surface area contributed by atoms with E-state index in [-0.39, 0.29) is 5.54 Å². The Bertz CT molecular complexity index is 232. The monoisotopic (exact) mass is 226 g/mol. The number of nitrogens with zero attached hydrogens (tertiary/aromatic N) is 1. The summed E-state index contributed by atoms with van der Waals surface area (Å²) in [4.78, 5) is 14.6. The molecule has 1 N–H and O–H groups in total. The first kappa shape index (κ1) is 13.5. The van der Waals surface area contributed by atoms with Crippen molar-refractivity contribution >= 4 is 5.91 Å². The second-order valence-corrected chi connectivity index (χ2v) is 5.05. The van der Waals surface area contributed by atoms with Gasteiger partial charge in [-0.2, -0.15) is 0 Å². The standard InChI is InChI=1S/C13H26N2O/c1-5-8-13(9-7-10-14-13)12(16)15(6-2)11(3)4/h11,14H,5-10H2,1-4H3. The lowest BCUT2D eigenvalue weighted by Gasteiger charge is -2.36. The van der Waals surface area contributed by atoms with Crippen LogP contribution in [0.2, 0.25) is 0 Å². The molecular weight excluding hydrogens is 200 g/mol. The van der Waals surface area contributed by atoms with Crippen molar-refractivity contribution in [1.82, 2.24) is 10.2 Å². The van der Waals surface area contributed by atoms with Crippen molar-refractivity contribution in [2.75, 3.05) is 13.1 Å². The van der Waals surface area contributed by atoms with Crippen LogP contribution in [0.25, 0.3) is 0 Å². The Morgan fingerprint density at radius 3 is 2.50 bits per heavy atom. The van der Waals surface area contributed by atoms with E-state index in [1.165, 1.54) is 0 Å². The molecule has 0 saturated carbocycles. The van der Waals surface area contributed by atoms with Crippen LogP contribution in [-0.4, -0.2) is 35.5 Å². The highest BCUT2D eigenvalue weighted by molar-refractivity contribution is 5.87. The molecule has 1 aliphatic heterocycles. The number of carbonyl (C=O) groups excluding carboxylic acids is 1. The van der Waals surface area contributed by atoms with Crippen molar-refractivity contribution in [3.63, 3.8) is 0 Å². The van der Waals surface area contributed by atoms with E-state index < -0.39 is 0 Å². The van der Waals surface area contributed by atoms with Crippen LogP contribution in [0.15, 0.2) is 0 Å². The molecule has 0 spiro atoms. The van der Waals surface area contributed by atoms with Gasteiger partial charge in [0.2, 0.25) is 5.91 Å². The third-order valence-corrected chi connectivity index (χ3v) is 3.55. The smallest absolute Gasteiger partial charge is 0.243 e. The average Bonchev–Trinajstić information content (AvgIpc) is 2.68. The van der Waals surface area contributed by atoms with Gasteiger partial charge in [0.05, 0.1) is 5.54 Å². The van der Waals surface area contributed by atoms with Crippen LogP contribution in [0.1, 0.15) is 53.4 Å². The molecule has 1 fully saturated rings. The molecule has 16 heavy (non-hydrogen) atoms. The fourth-order valence-electron chi connectivity index (χ4n) is 2.75. The van der Waals surface area contributed by atoms with E-state index in [4.69, 9.17) is 0 Å². The minimum Gasteiger partial charge on any atom is -0.339 e. The highest BCUT2D eigenvalue weighted by Crippen LogP contribution is 2.27. The fourth-order valence-corrected chi connectivity index (χ4v) is 2.75. The normalized spacial score (nSPS) is 25.1. The molecule has 0 aromatic carbocycles. The van der Waals surface area contributed by atoms with Crippen molar-refractivity contribution in [2.45, 2.75) is 65.0 Å². The molecule has 0 radical (unpaired) electrons. The molecule has 1 aliphatic rings. The Labute approximate surface area is 99.6 Å². The Morgan fingerprint density at radius 1 is 1.44 bits per heavy atom. The first-order chi connectivity index (χ1) is 7.57. The second kappa shape index (κ2) is 5.67. The van der Waals surface area contributed by atoms with Gasteiger partial charge in [0.15, 0.2) is 0 Å². The highest BCUT2D eigenvalue weighted by Gasteiger charge is 2.42. The predicted molar refractivity (Wildman–Crippen MR) is 67.4 cm³/mol. The third kappa shape index (κ3) is 2.57. The van der Waals surface area contributed by atoms with Crippen LogP contribution in [0, 0.1) is 0 Å². The summed E-state index contributed by atoms with van der Waals surface area (Å²) in [6.07, 6.45) is 4.16. The van der Waals surface area contributed by atoms with Crippen molar-refractivity contribution < 1.29 is 4.79 Å². The molecule has 1 rings (SSSR count). The van der Waals surface area contributed by atoms with Crippen molar-refractivity contribution in [1.29, 1.82) is 0 Å². The molecule has 1 atom stereocenters. The van der Waals surface area contributed by atoms with Gasteiger partial charge >= 0.3 is 0 Å². The number of carbonyl (C=O) groups is 1. The maximum atomic E-state index is 12.6. The summed E-state index contributed by atoms with van der Waals surface area (Å²) < 4.78 is 0. The van der Waals surface area contributed by atoms with E-state index in [1.807, 2.05) is 4.90 Å². The zero-order valence-corrected chi connectivity index (χ0v) is 11.2. The maximum absolute atomic E-state index is 12.6. The molecule has 1 heterocycles. The number of hydrogen-bond donors (Lipinski definition) is 1. The molecule has 94 valence electrons. The molecular formula is C13H26N2O. The number of likely N-dealkylation sites (N-methyl/N-ethyl adjacent to an activating group) is 1. The van der Waals surface area contributed by atoms with Crippen molar-refractivity contribution in [2.24, 2.45) is 0 Å². The summed E-state index contributed by atoms with van der Waals surface area (Å²) in [7, 11) is 0. The maximum Gasteiger partial charge on any atom is 0.243 e. The Morgan fingerprint density at radius 2 is 2.12 bits per heavy atom. The minimum absolute atomic E-state index is 0.255. The molecule has 3 nitrogen and oxygen atoms in total. The van der Waals surface area contributed by atoms with E-state index in [0.717, 1.165) is 38.8 Å². The topological polar surface area (TPSA) is 32.3 Å². The molecule has 0 aliphatic carbocycles. The quantitative estimate of drug-likeness (QED) is 0.779. The number of amides is 1. The first-order valence-electron chi connectivity index (χ1n) is 6.63. The summed E-state index contributed by atoms with van der Waals surface area (Å²) in [6.45, 7) is 10.2. The third-order valence-electron chi connectivity index (χ3n) is 3.55. The largest absolute Gasteiger partial charge is 0.339 e. The zero-order valence-electron chi connectivity index (χ0n) is 11.2. The summed E-state index contributed by atoms with van der Waals surface area (Å²) in [5, 5.41) is 3.45. The molecule has 1 unspecified atom stereocenters. The highest BCUT2D eigenvalue weighted by atomic mass is 16.2. The van der Waals surface area contributed by atoms with E-state index in [9.17, 15) is 4.79 Å². The molecule has 0 aromatic heterocycles. The van der Waals surface area contributed by atoms with Gasteiger partial charge in [0, 0.05) is 12.6 Å². The molecule has 3 heteroatoms. The van der Waals surface area contributed by atoms with Crippen molar-refractivity contribution in [3.8, 4) is 0 Å². The number of rotatable bonds is 5. The Kier molecular flexibility index (Phi) is 4.78. The lowest BCUT2D eigenvalue weighted by Crippen LogP contribution is -2.56. The summed E-state index contributed by atoms with van der Waals surface area (Å²) >= 11 is 0. The average molecular weight is 226 g/mol. The first-order valence-corrected chi connectivity index (χ1v) is 6.63. The summed E-state index contributed by atoms with van der Waals surface area (Å²) in [5.74, 6) is 0.310. The van der Waals surface area contributed by atoms with Gasteiger partial charge in [0.25, 0.3) is 0 Å². The van der Waals surface area contributed by atoms with Crippen LogP contribution < -0.4 is 5.32 Å². The van der Waals surface area contributed by atoms with Gasteiger partial charge < -0.3 is 10.2 Å². The molecule has 0 bridgehead atoms. The lowest BCUT2D eigenvalue weighted by molar-refractivity contribution is -0.139. The SMILES string of the molecule is CCCC1(C(=O)N(CC)C(C)C)CCCN1. The van der Waals surface area contributed by atoms with Gasteiger partial charge in [-0.15, -0.1) is 0 Å². The number of hydrogen-bond acceptors (Lipinski definition) is 2. The van der Waals surface area contributed by atoms with Crippen LogP contribution in [0.5, 0.6) is 0 Å². The number of nitrogens with one attached hydrogen (secondary N) is 1. The van der Waals surface area contributed by atoms with Gasteiger partial charge in [-0.25, -0.2) is 0 Å². The molecule has 0 aromatic rings. The Hall–Kier alpha value is -0.570. The molecule has 1 saturated heterocycles. The Balaban J connectivity index is 2.81. The van der Waals surface area contributed by atoms with Gasteiger partial charge in [-0.3, -0.25) is 4.79 Å². The molecule has 1 amide bonds. The second-order valence-electron chi connectivity index (χ2n) is 5.05. The zero-order chi connectivity index (χ0) is 12.2.